The van der Waals surface area contributed by atoms with Gasteiger partial charge in [0.2, 0.25) is 5.91 Å². The van der Waals surface area contributed by atoms with Crippen LogP contribution in [0.25, 0.3) is 10.9 Å². The Kier molecular flexibility index (Phi) is 4.58. The molecule has 1 aromatic heterocycles. The number of aromatic nitrogens is 2. The van der Waals surface area contributed by atoms with Crippen LogP contribution in [0.2, 0.25) is 0 Å². The molecule has 134 valence electrons. The van der Waals surface area contributed by atoms with Gasteiger partial charge >= 0.3 is 0 Å². The summed E-state index contributed by atoms with van der Waals surface area (Å²) in [6.45, 7) is 1.45. The van der Waals surface area contributed by atoms with Crippen LogP contribution < -0.4 is 11.1 Å². The van der Waals surface area contributed by atoms with E-state index in [1.54, 1.807) is 0 Å². The Morgan fingerprint density at radius 3 is 2.73 bits per heavy atom. The van der Waals surface area contributed by atoms with E-state index in [9.17, 15) is 4.79 Å². The molecule has 1 fully saturated rings. The Morgan fingerprint density at radius 2 is 1.96 bits per heavy atom. The van der Waals surface area contributed by atoms with Crippen LogP contribution in [0, 0.1) is 0 Å². The third-order valence-corrected chi connectivity index (χ3v) is 5.04. The maximum absolute atomic E-state index is 12.7. The number of likely N-dealkylation sites (tertiary alicyclic amines) is 1. The highest BCUT2D eigenvalue weighted by molar-refractivity contribution is 5.83. The van der Waals surface area contributed by atoms with Gasteiger partial charge in [0, 0.05) is 30.2 Å². The number of nitrogens with one attached hydrogen (secondary N) is 2. The molecule has 1 aliphatic rings. The minimum Gasteiger partial charge on any atom is -0.382 e. The van der Waals surface area contributed by atoms with Crippen molar-refractivity contribution >= 4 is 22.5 Å². The number of rotatable bonds is 4. The van der Waals surface area contributed by atoms with Crippen LogP contribution in [0.15, 0.2) is 54.7 Å². The number of nitrogens with two attached hydrogens (primary N) is 1. The highest BCUT2D eigenvalue weighted by Gasteiger charge is 2.27. The molecule has 1 amide bonds. The first kappa shape index (κ1) is 16.6. The quantitative estimate of drug-likeness (QED) is 0.676. The van der Waals surface area contributed by atoms with E-state index in [2.05, 4.69) is 27.6 Å². The number of carbonyl (C=O) groups excluding carboxylic acids is 1. The molecule has 6 nitrogen and oxygen atoms in total. The fourth-order valence-corrected chi connectivity index (χ4v) is 3.51. The van der Waals surface area contributed by atoms with Crippen LogP contribution in [0.3, 0.4) is 0 Å². The number of nitrogens with zero attached hydrogens (tertiary/aromatic N) is 2. The van der Waals surface area contributed by atoms with Gasteiger partial charge in [-0.25, -0.2) is 0 Å². The lowest BCUT2D eigenvalue weighted by molar-refractivity contribution is -0.133. The number of hydrogen-bond donors (Lipinski definition) is 3. The van der Waals surface area contributed by atoms with Crippen LogP contribution in [0.1, 0.15) is 24.4 Å². The molecule has 2 aromatic carbocycles. The zero-order valence-corrected chi connectivity index (χ0v) is 14.6. The maximum atomic E-state index is 12.7. The van der Waals surface area contributed by atoms with Crippen molar-refractivity contribution < 1.29 is 4.79 Å². The van der Waals surface area contributed by atoms with Crippen LogP contribution >= 0.6 is 0 Å². The molecule has 6 heteroatoms. The zero-order valence-electron chi connectivity index (χ0n) is 14.6. The molecule has 26 heavy (non-hydrogen) atoms. The van der Waals surface area contributed by atoms with E-state index >= 15 is 0 Å². The summed E-state index contributed by atoms with van der Waals surface area (Å²) in [4.78, 5) is 14.5. The third kappa shape index (κ3) is 3.41. The van der Waals surface area contributed by atoms with Crippen molar-refractivity contribution in [2.75, 3.05) is 18.4 Å². The maximum Gasteiger partial charge on any atom is 0.244 e. The molecule has 0 radical (unpaired) electrons. The minimum atomic E-state index is -0.579. The van der Waals surface area contributed by atoms with Crippen LogP contribution in [-0.4, -0.2) is 40.1 Å². The molecular weight excluding hydrogens is 326 g/mol. The van der Waals surface area contributed by atoms with Gasteiger partial charge < -0.3 is 16.0 Å². The number of hydrogen-bond acceptors (Lipinski definition) is 4. The largest absolute Gasteiger partial charge is 0.382 e. The first-order valence-electron chi connectivity index (χ1n) is 9.00. The number of aromatic amines is 1. The summed E-state index contributed by atoms with van der Waals surface area (Å²) in [5.74, 6) is 0.00877. The number of amides is 1. The van der Waals surface area contributed by atoms with E-state index in [4.69, 9.17) is 5.73 Å². The average molecular weight is 349 g/mol. The second-order valence-corrected chi connectivity index (χ2v) is 6.80. The normalized spacial score (nSPS) is 16.6. The highest BCUT2D eigenvalue weighted by Crippen LogP contribution is 2.22. The number of H-pyrrole nitrogens is 1. The summed E-state index contributed by atoms with van der Waals surface area (Å²) < 4.78 is 0. The minimum absolute atomic E-state index is 0.00877. The molecule has 4 rings (SSSR count). The van der Waals surface area contributed by atoms with Gasteiger partial charge in [-0.05, 0) is 36.6 Å². The first-order valence-corrected chi connectivity index (χ1v) is 9.00. The molecule has 0 spiro atoms. The third-order valence-electron chi connectivity index (χ3n) is 5.04. The Morgan fingerprint density at radius 1 is 1.19 bits per heavy atom. The van der Waals surface area contributed by atoms with Crippen molar-refractivity contribution in [2.45, 2.75) is 24.9 Å². The van der Waals surface area contributed by atoms with Gasteiger partial charge in [-0.3, -0.25) is 9.89 Å². The molecule has 1 saturated heterocycles. The molecular formula is C20H23N5O. The highest BCUT2D eigenvalue weighted by atomic mass is 16.2. The molecule has 4 N–H and O–H groups in total. The molecule has 0 saturated carbocycles. The molecule has 0 aliphatic carbocycles. The lowest BCUT2D eigenvalue weighted by Gasteiger charge is -2.34. The summed E-state index contributed by atoms with van der Waals surface area (Å²) in [5, 5.41) is 11.7. The predicted molar refractivity (Wildman–Crippen MR) is 103 cm³/mol. The van der Waals surface area contributed by atoms with E-state index in [1.165, 1.54) is 0 Å². The summed E-state index contributed by atoms with van der Waals surface area (Å²) in [6.07, 6.45) is 3.65. The molecule has 0 bridgehead atoms. The van der Waals surface area contributed by atoms with Gasteiger partial charge in [0.15, 0.2) is 0 Å². The van der Waals surface area contributed by atoms with Crippen LogP contribution in [0.4, 0.5) is 5.69 Å². The number of carbonyl (C=O) groups is 1. The van der Waals surface area contributed by atoms with Crippen molar-refractivity contribution in [2.24, 2.45) is 5.73 Å². The molecule has 0 unspecified atom stereocenters. The van der Waals surface area contributed by atoms with Gasteiger partial charge in [0.25, 0.3) is 0 Å². The predicted octanol–water partition coefficient (Wildman–Crippen LogP) is 2.67. The lowest BCUT2D eigenvalue weighted by Crippen LogP contribution is -2.45. The van der Waals surface area contributed by atoms with E-state index in [1.807, 2.05) is 47.5 Å². The molecule has 1 atom stereocenters. The number of anilines is 1. The van der Waals surface area contributed by atoms with Crippen molar-refractivity contribution in [3.63, 3.8) is 0 Å². The average Bonchev–Trinajstić information content (AvgIpc) is 3.16. The van der Waals surface area contributed by atoms with Crippen LogP contribution in [0.5, 0.6) is 0 Å². The van der Waals surface area contributed by atoms with E-state index in [0.29, 0.717) is 6.04 Å². The number of benzene rings is 2. The Labute approximate surface area is 152 Å². The van der Waals surface area contributed by atoms with Gasteiger partial charge in [-0.2, -0.15) is 5.10 Å². The fraction of sp³-hybridized carbons (Fsp3) is 0.300. The fourth-order valence-electron chi connectivity index (χ4n) is 3.51. The molecule has 2 heterocycles. The number of piperidine rings is 1. The topological polar surface area (TPSA) is 87.0 Å². The van der Waals surface area contributed by atoms with Gasteiger partial charge in [-0.1, -0.05) is 30.3 Å². The lowest BCUT2D eigenvalue weighted by atomic mass is 10.0. The smallest absolute Gasteiger partial charge is 0.244 e. The standard InChI is InChI=1S/C20H23N5O/c21-19(14-4-2-1-3-5-14)20(26)25-10-8-16(9-11-25)23-17-6-7-18-15(12-17)13-22-24-18/h1-7,12-13,16,19,23H,8-11,21H2,(H,22,24)/t19-/m1/s1. The van der Waals surface area contributed by atoms with Crippen LogP contribution in [-0.2, 0) is 4.79 Å². The van der Waals surface area contributed by atoms with E-state index < -0.39 is 6.04 Å². The van der Waals surface area contributed by atoms with Crippen molar-refractivity contribution in [3.8, 4) is 0 Å². The zero-order chi connectivity index (χ0) is 17.9. The van der Waals surface area contributed by atoms with Gasteiger partial charge in [0.1, 0.15) is 6.04 Å². The second kappa shape index (κ2) is 7.17. The van der Waals surface area contributed by atoms with Gasteiger partial charge in [0.05, 0.1) is 11.7 Å². The summed E-state index contributed by atoms with van der Waals surface area (Å²) in [7, 11) is 0. The van der Waals surface area contributed by atoms with Crippen molar-refractivity contribution in [3.05, 3.63) is 60.3 Å². The van der Waals surface area contributed by atoms with E-state index in [-0.39, 0.29) is 5.91 Å². The van der Waals surface area contributed by atoms with Crippen molar-refractivity contribution in [1.29, 1.82) is 0 Å². The number of fused-ring (bicyclic) bond motifs is 1. The van der Waals surface area contributed by atoms with Gasteiger partial charge in [-0.15, -0.1) is 0 Å². The van der Waals surface area contributed by atoms with Crippen molar-refractivity contribution in [1.82, 2.24) is 15.1 Å². The first-order chi connectivity index (χ1) is 12.7. The van der Waals surface area contributed by atoms with E-state index in [0.717, 1.165) is 48.1 Å². The Balaban J connectivity index is 1.34. The Bertz CT molecular complexity index is 883. The second-order valence-electron chi connectivity index (χ2n) is 6.80. The monoisotopic (exact) mass is 349 g/mol. The summed E-state index contributed by atoms with van der Waals surface area (Å²) in [6, 6.07) is 15.5. The SMILES string of the molecule is N[C@@H](C(=O)N1CCC(Nc2ccc3[nH]ncc3c2)CC1)c1ccccc1. The molecule has 3 aromatic rings. The Hall–Kier alpha value is -2.86. The molecule has 1 aliphatic heterocycles. The summed E-state index contributed by atoms with van der Waals surface area (Å²) in [5.41, 5.74) is 9.14. The summed E-state index contributed by atoms with van der Waals surface area (Å²) >= 11 is 0.